The molecule has 0 bridgehead atoms. The Bertz CT molecular complexity index is 281. The fraction of sp³-hybridized carbons (Fsp3) is 0.750. The van der Waals surface area contributed by atoms with Crippen molar-refractivity contribution in [2.24, 2.45) is 5.41 Å². The molecule has 1 spiro atoms. The van der Waals surface area contributed by atoms with Gasteiger partial charge in [0.15, 0.2) is 0 Å². The molecule has 82 valence electrons. The molecule has 2 heterocycles. The third kappa shape index (κ3) is 2.15. The fourth-order valence-corrected chi connectivity index (χ4v) is 2.85. The van der Waals surface area contributed by atoms with Crippen LogP contribution in [0, 0.1) is 17.8 Å². The molecule has 3 nitrogen and oxygen atoms in total. The summed E-state index contributed by atoms with van der Waals surface area (Å²) in [4.78, 5) is 13.3. The summed E-state index contributed by atoms with van der Waals surface area (Å²) < 4.78 is 0. The Morgan fingerprint density at radius 3 is 2.87 bits per heavy atom. The first-order valence-electron chi connectivity index (χ1n) is 5.72. The number of likely N-dealkylation sites (tertiary alicyclic amines) is 1. The summed E-state index contributed by atoms with van der Waals surface area (Å²) in [5, 5.41) is 3.43. The fourth-order valence-electron chi connectivity index (χ4n) is 2.85. The maximum atomic E-state index is 11.5. The highest BCUT2D eigenvalue weighted by atomic mass is 16.2. The number of hydrogen-bond acceptors (Lipinski definition) is 2. The SMILES string of the molecule is C#CC(=O)N1CCCC2(CCCNC2)C1. The lowest BCUT2D eigenvalue weighted by molar-refractivity contribution is -0.128. The number of hydrogen-bond donors (Lipinski definition) is 1. The summed E-state index contributed by atoms with van der Waals surface area (Å²) in [6, 6.07) is 0. The van der Waals surface area contributed by atoms with Crippen LogP contribution < -0.4 is 5.32 Å². The standard InChI is InChI=1S/C12H18N2O/c1-2-11(15)14-8-4-6-12(10-14)5-3-7-13-9-12/h1,13H,3-10H2. The molecule has 2 saturated heterocycles. The van der Waals surface area contributed by atoms with Crippen LogP contribution in [0.25, 0.3) is 0 Å². The molecule has 0 radical (unpaired) electrons. The molecule has 0 aromatic rings. The minimum atomic E-state index is -0.139. The first-order chi connectivity index (χ1) is 7.26. The molecule has 0 aromatic heterocycles. The van der Waals surface area contributed by atoms with Gasteiger partial charge in [-0.25, -0.2) is 0 Å². The Hall–Kier alpha value is -1.01. The van der Waals surface area contributed by atoms with Crippen LogP contribution in [-0.2, 0) is 4.79 Å². The lowest BCUT2D eigenvalue weighted by Crippen LogP contribution is -2.52. The maximum absolute atomic E-state index is 11.5. The van der Waals surface area contributed by atoms with Crippen LogP contribution in [0.1, 0.15) is 25.7 Å². The van der Waals surface area contributed by atoms with Crippen molar-refractivity contribution in [1.29, 1.82) is 0 Å². The van der Waals surface area contributed by atoms with Crippen molar-refractivity contribution in [3.8, 4) is 12.3 Å². The molecule has 1 unspecified atom stereocenters. The number of carbonyl (C=O) groups is 1. The second-order valence-corrected chi connectivity index (χ2v) is 4.75. The Balaban J connectivity index is 2.03. The Labute approximate surface area is 91.2 Å². The zero-order valence-corrected chi connectivity index (χ0v) is 9.09. The predicted octanol–water partition coefficient (Wildman–Crippen LogP) is 0.612. The van der Waals surface area contributed by atoms with Gasteiger partial charge in [0, 0.05) is 25.0 Å². The Morgan fingerprint density at radius 2 is 2.20 bits per heavy atom. The van der Waals surface area contributed by atoms with Crippen molar-refractivity contribution < 1.29 is 4.79 Å². The summed E-state index contributed by atoms with van der Waals surface area (Å²) in [5.41, 5.74) is 0.309. The van der Waals surface area contributed by atoms with Gasteiger partial charge in [-0.2, -0.15) is 0 Å². The molecule has 3 heteroatoms. The molecule has 1 amide bonds. The van der Waals surface area contributed by atoms with Crippen molar-refractivity contribution in [3.05, 3.63) is 0 Å². The summed E-state index contributed by atoms with van der Waals surface area (Å²) in [5.74, 6) is 2.08. The van der Waals surface area contributed by atoms with Gasteiger partial charge in [-0.1, -0.05) is 0 Å². The highest BCUT2D eigenvalue weighted by Crippen LogP contribution is 2.35. The van der Waals surface area contributed by atoms with Crippen LogP contribution in [0.15, 0.2) is 0 Å². The number of terminal acetylenes is 1. The molecule has 0 saturated carbocycles. The quantitative estimate of drug-likeness (QED) is 0.589. The molecular weight excluding hydrogens is 188 g/mol. The number of nitrogens with zero attached hydrogens (tertiary/aromatic N) is 1. The Morgan fingerprint density at radius 1 is 1.40 bits per heavy atom. The molecule has 2 fully saturated rings. The molecule has 2 aliphatic heterocycles. The van der Waals surface area contributed by atoms with E-state index in [4.69, 9.17) is 6.42 Å². The van der Waals surface area contributed by atoms with E-state index in [1.54, 1.807) is 0 Å². The summed E-state index contributed by atoms with van der Waals surface area (Å²) >= 11 is 0. The van der Waals surface area contributed by atoms with E-state index in [2.05, 4.69) is 11.2 Å². The van der Waals surface area contributed by atoms with Crippen LogP contribution in [-0.4, -0.2) is 37.0 Å². The molecule has 1 N–H and O–H groups in total. The molecule has 1 atom stereocenters. The van der Waals surface area contributed by atoms with Gasteiger partial charge in [0.1, 0.15) is 0 Å². The minimum Gasteiger partial charge on any atom is -0.331 e. The van der Waals surface area contributed by atoms with E-state index in [1.807, 2.05) is 4.90 Å². The molecular formula is C12H18N2O. The number of piperidine rings is 2. The van der Waals surface area contributed by atoms with Crippen molar-refractivity contribution in [3.63, 3.8) is 0 Å². The molecule has 2 rings (SSSR count). The summed E-state index contributed by atoms with van der Waals surface area (Å²) in [6.07, 6.45) is 9.94. The van der Waals surface area contributed by atoms with Crippen molar-refractivity contribution in [2.45, 2.75) is 25.7 Å². The van der Waals surface area contributed by atoms with Crippen LogP contribution in [0.2, 0.25) is 0 Å². The second-order valence-electron chi connectivity index (χ2n) is 4.75. The average Bonchev–Trinajstić information content (AvgIpc) is 2.29. The number of rotatable bonds is 0. The van der Waals surface area contributed by atoms with Crippen molar-refractivity contribution in [1.82, 2.24) is 10.2 Å². The smallest absolute Gasteiger partial charge is 0.298 e. The Kier molecular flexibility index (Phi) is 2.97. The van der Waals surface area contributed by atoms with Crippen LogP contribution in [0.4, 0.5) is 0 Å². The largest absolute Gasteiger partial charge is 0.331 e. The highest BCUT2D eigenvalue weighted by Gasteiger charge is 2.37. The first kappa shape index (κ1) is 10.5. The summed E-state index contributed by atoms with van der Waals surface area (Å²) in [7, 11) is 0. The van der Waals surface area contributed by atoms with Crippen LogP contribution in [0.5, 0.6) is 0 Å². The zero-order valence-electron chi connectivity index (χ0n) is 9.09. The van der Waals surface area contributed by atoms with E-state index in [1.165, 1.54) is 19.3 Å². The topological polar surface area (TPSA) is 32.3 Å². The van der Waals surface area contributed by atoms with Crippen LogP contribution >= 0.6 is 0 Å². The first-order valence-corrected chi connectivity index (χ1v) is 5.72. The van der Waals surface area contributed by atoms with E-state index in [9.17, 15) is 4.79 Å². The maximum Gasteiger partial charge on any atom is 0.298 e. The van der Waals surface area contributed by atoms with Crippen molar-refractivity contribution >= 4 is 5.91 Å². The molecule has 2 aliphatic rings. The van der Waals surface area contributed by atoms with E-state index < -0.39 is 0 Å². The van der Waals surface area contributed by atoms with E-state index in [0.29, 0.717) is 5.41 Å². The normalized spacial score (nSPS) is 31.3. The van der Waals surface area contributed by atoms with Gasteiger partial charge >= 0.3 is 0 Å². The molecule has 0 aromatic carbocycles. The van der Waals surface area contributed by atoms with Gasteiger partial charge in [0.25, 0.3) is 5.91 Å². The number of carbonyl (C=O) groups excluding carboxylic acids is 1. The van der Waals surface area contributed by atoms with Gasteiger partial charge in [0.2, 0.25) is 0 Å². The lowest BCUT2D eigenvalue weighted by atomic mass is 9.74. The molecule has 0 aliphatic carbocycles. The van der Waals surface area contributed by atoms with E-state index in [-0.39, 0.29) is 5.91 Å². The zero-order chi connectivity index (χ0) is 10.7. The van der Waals surface area contributed by atoms with Gasteiger partial charge in [-0.15, -0.1) is 6.42 Å². The number of amides is 1. The second kappa shape index (κ2) is 4.24. The van der Waals surface area contributed by atoms with Gasteiger partial charge in [0.05, 0.1) is 0 Å². The summed E-state index contributed by atoms with van der Waals surface area (Å²) in [6.45, 7) is 3.85. The van der Waals surface area contributed by atoms with Crippen molar-refractivity contribution in [2.75, 3.05) is 26.2 Å². The monoisotopic (exact) mass is 206 g/mol. The van der Waals surface area contributed by atoms with E-state index >= 15 is 0 Å². The van der Waals surface area contributed by atoms with Crippen LogP contribution in [0.3, 0.4) is 0 Å². The lowest BCUT2D eigenvalue weighted by Gasteiger charge is -2.44. The van der Waals surface area contributed by atoms with Gasteiger partial charge in [-0.05, 0) is 38.1 Å². The van der Waals surface area contributed by atoms with Gasteiger partial charge < -0.3 is 10.2 Å². The average molecular weight is 206 g/mol. The third-order valence-corrected chi connectivity index (χ3v) is 3.63. The predicted molar refractivity (Wildman–Crippen MR) is 59.2 cm³/mol. The van der Waals surface area contributed by atoms with Gasteiger partial charge in [-0.3, -0.25) is 4.79 Å². The van der Waals surface area contributed by atoms with E-state index in [0.717, 1.165) is 32.6 Å². The minimum absolute atomic E-state index is 0.139. The highest BCUT2D eigenvalue weighted by molar-refractivity contribution is 5.92. The third-order valence-electron chi connectivity index (χ3n) is 3.63. The number of nitrogens with one attached hydrogen (secondary N) is 1. The molecule has 15 heavy (non-hydrogen) atoms.